The van der Waals surface area contributed by atoms with E-state index in [0.29, 0.717) is 12.4 Å². The topological polar surface area (TPSA) is 68.1 Å². The van der Waals surface area contributed by atoms with Gasteiger partial charge in [0.2, 0.25) is 0 Å². The fourth-order valence-corrected chi connectivity index (χ4v) is 1.41. The van der Waals surface area contributed by atoms with E-state index in [4.69, 9.17) is 0 Å². The van der Waals surface area contributed by atoms with E-state index in [1.54, 1.807) is 12.1 Å². The van der Waals surface area contributed by atoms with Gasteiger partial charge in [-0.25, -0.2) is 9.37 Å². The minimum absolute atomic E-state index is 0.0543. The van der Waals surface area contributed by atoms with Crippen molar-refractivity contribution in [2.24, 2.45) is 0 Å². The molecule has 0 amide bonds. The maximum absolute atomic E-state index is 12.6. The quantitative estimate of drug-likeness (QED) is 0.666. The molecular weight excluding hydrogens is 237 g/mol. The van der Waals surface area contributed by atoms with Gasteiger partial charge in [0, 0.05) is 18.7 Å². The summed E-state index contributed by atoms with van der Waals surface area (Å²) in [5.74, 6) is 0.158. The highest BCUT2D eigenvalue weighted by atomic mass is 19.1. The van der Waals surface area contributed by atoms with Crippen molar-refractivity contribution in [3.63, 3.8) is 0 Å². The number of halogens is 1. The van der Waals surface area contributed by atoms with Crippen molar-refractivity contribution in [2.75, 3.05) is 5.32 Å². The third-order valence-electron chi connectivity index (χ3n) is 2.35. The smallest absolute Gasteiger partial charge is 0.269 e. The lowest BCUT2D eigenvalue weighted by atomic mass is 10.2. The number of non-ortho nitro benzene ring substituents is 1. The maximum Gasteiger partial charge on any atom is 0.269 e. The molecule has 1 aromatic heterocycles. The first-order valence-electron chi connectivity index (χ1n) is 5.24. The minimum atomic E-state index is -0.446. The van der Waals surface area contributed by atoms with E-state index in [0.717, 1.165) is 11.8 Å². The number of hydrogen-bond donors (Lipinski definition) is 1. The molecular formula is C12H10FN3O2. The van der Waals surface area contributed by atoms with Crippen LogP contribution in [0.25, 0.3) is 0 Å². The molecule has 1 heterocycles. The molecule has 0 spiro atoms. The zero-order chi connectivity index (χ0) is 13.0. The maximum atomic E-state index is 12.6. The Bertz CT molecular complexity index is 540. The second-order valence-corrected chi connectivity index (χ2v) is 3.64. The first-order chi connectivity index (χ1) is 8.65. The molecule has 92 valence electrons. The van der Waals surface area contributed by atoms with Gasteiger partial charge in [-0.3, -0.25) is 10.1 Å². The number of nitro groups is 1. The predicted octanol–water partition coefficient (Wildman–Crippen LogP) is 2.74. The van der Waals surface area contributed by atoms with E-state index in [9.17, 15) is 14.5 Å². The summed E-state index contributed by atoms with van der Waals surface area (Å²) in [6, 6.07) is 9.04. The Hall–Kier alpha value is -2.50. The molecule has 0 bridgehead atoms. The van der Waals surface area contributed by atoms with Crippen molar-refractivity contribution in [1.29, 1.82) is 0 Å². The van der Waals surface area contributed by atoms with Crippen molar-refractivity contribution in [3.05, 3.63) is 64.1 Å². The summed E-state index contributed by atoms with van der Waals surface area (Å²) in [7, 11) is 0. The SMILES string of the molecule is O=[N+]([O-])c1ccc(CNc2ccc(F)cn2)cc1. The summed E-state index contributed by atoms with van der Waals surface area (Å²) < 4.78 is 12.6. The zero-order valence-electron chi connectivity index (χ0n) is 9.34. The van der Waals surface area contributed by atoms with Gasteiger partial charge in [-0.2, -0.15) is 0 Å². The zero-order valence-corrected chi connectivity index (χ0v) is 9.34. The Morgan fingerprint density at radius 2 is 1.94 bits per heavy atom. The highest BCUT2D eigenvalue weighted by molar-refractivity contribution is 5.37. The molecule has 1 N–H and O–H groups in total. The number of aromatic nitrogens is 1. The molecule has 0 radical (unpaired) electrons. The molecule has 0 aliphatic rings. The Kier molecular flexibility index (Phi) is 3.47. The standard InChI is InChI=1S/C12H10FN3O2/c13-10-3-6-12(15-8-10)14-7-9-1-4-11(5-2-9)16(17)18/h1-6,8H,7H2,(H,14,15). The molecule has 6 heteroatoms. The van der Waals surface area contributed by atoms with E-state index in [1.807, 2.05) is 0 Å². The van der Waals surface area contributed by atoms with E-state index < -0.39 is 10.7 Å². The normalized spacial score (nSPS) is 10.1. The third kappa shape index (κ3) is 3.00. The van der Waals surface area contributed by atoms with E-state index in [1.165, 1.54) is 24.3 Å². The van der Waals surface area contributed by atoms with Crippen LogP contribution >= 0.6 is 0 Å². The molecule has 2 rings (SSSR count). The van der Waals surface area contributed by atoms with Gasteiger partial charge in [0.05, 0.1) is 11.1 Å². The Morgan fingerprint density at radius 3 is 2.50 bits per heavy atom. The number of pyridine rings is 1. The second kappa shape index (κ2) is 5.22. The van der Waals surface area contributed by atoms with Crippen molar-refractivity contribution < 1.29 is 9.31 Å². The number of anilines is 1. The van der Waals surface area contributed by atoms with E-state index in [2.05, 4.69) is 10.3 Å². The molecule has 0 fully saturated rings. The Labute approximate surface area is 102 Å². The Morgan fingerprint density at radius 1 is 1.22 bits per heavy atom. The monoisotopic (exact) mass is 247 g/mol. The van der Waals surface area contributed by atoms with Crippen LogP contribution in [0.1, 0.15) is 5.56 Å². The molecule has 0 saturated heterocycles. The molecule has 1 aromatic carbocycles. The van der Waals surface area contributed by atoms with Gasteiger partial charge in [-0.05, 0) is 17.7 Å². The van der Waals surface area contributed by atoms with Crippen LogP contribution in [0.5, 0.6) is 0 Å². The number of nitrogens with zero attached hydrogens (tertiary/aromatic N) is 2. The van der Waals surface area contributed by atoms with Gasteiger partial charge < -0.3 is 5.32 Å². The number of benzene rings is 1. The number of hydrogen-bond acceptors (Lipinski definition) is 4. The van der Waals surface area contributed by atoms with Gasteiger partial charge in [-0.1, -0.05) is 12.1 Å². The van der Waals surface area contributed by atoms with Crippen LogP contribution in [0, 0.1) is 15.9 Å². The summed E-state index contributed by atoms with van der Waals surface area (Å²) in [6.07, 6.45) is 1.12. The van der Waals surface area contributed by atoms with E-state index in [-0.39, 0.29) is 5.69 Å². The van der Waals surface area contributed by atoms with Gasteiger partial charge in [0.15, 0.2) is 0 Å². The summed E-state index contributed by atoms with van der Waals surface area (Å²) in [5, 5.41) is 13.5. The summed E-state index contributed by atoms with van der Waals surface area (Å²) in [6.45, 7) is 0.469. The van der Waals surface area contributed by atoms with Crippen LogP contribution in [-0.2, 0) is 6.54 Å². The average Bonchev–Trinajstić information content (AvgIpc) is 2.38. The van der Waals surface area contributed by atoms with Crippen LogP contribution in [0.2, 0.25) is 0 Å². The van der Waals surface area contributed by atoms with Crippen LogP contribution < -0.4 is 5.32 Å². The fraction of sp³-hybridized carbons (Fsp3) is 0.0833. The minimum Gasteiger partial charge on any atom is -0.366 e. The predicted molar refractivity (Wildman–Crippen MR) is 64.6 cm³/mol. The molecule has 0 saturated carbocycles. The second-order valence-electron chi connectivity index (χ2n) is 3.64. The summed E-state index contributed by atoms with van der Waals surface area (Å²) in [5.41, 5.74) is 0.936. The van der Waals surface area contributed by atoms with Gasteiger partial charge in [0.1, 0.15) is 11.6 Å². The number of rotatable bonds is 4. The summed E-state index contributed by atoms with van der Waals surface area (Å²) in [4.78, 5) is 13.9. The van der Waals surface area contributed by atoms with Gasteiger partial charge in [0.25, 0.3) is 5.69 Å². The third-order valence-corrected chi connectivity index (χ3v) is 2.35. The van der Waals surface area contributed by atoms with Crippen molar-refractivity contribution in [1.82, 2.24) is 4.98 Å². The number of nitro benzene ring substituents is 1. The first kappa shape index (κ1) is 12.0. The lowest BCUT2D eigenvalue weighted by molar-refractivity contribution is -0.384. The molecule has 0 unspecified atom stereocenters. The Balaban J connectivity index is 1.97. The van der Waals surface area contributed by atoms with Crippen LogP contribution in [0.15, 0.2) is 42.6 Å². The van der Waals surface area contributed by atoms with Crippen molar-refractivity contribution in [3.8, 4) is 0 Å². The molecule has 0 atom stereocenters. The van der Waals surface area contributed by atoms with Crippen LogP contribution in [0.4, 0.5) is 15.9 Å². The average molecular weight is 247 g/mol. The van der Waals surface area contributed by atoms with Gasteiger partial charge >= 0.3 is 0 Å². The molecule has 0 aliphatic heterocycles. The lowest BCUT2D eigenvalue weighted by Crippen LogP contribution is -2.01. The van der Waals surface area contributed by atoms with Crippen molar-refractivity contribution >= 4 is 11.5 Å². The molecule has 2 aromatic rings. The lowest BCUT2D eigenvalue weighted by Gasteiger charge is -2.05. The van der Waals surface area contributed by atoms with Gasteiger partial charge in [-0.15, -0.1) is 0 Å². The van der Waals surface area contributed by atoms with Crippen LogP contribution in [0.3, 0.4) is 0 Å². The largest absolute Gasteiger partial charge is 0.366 e. The summed E-state index contributed by atoms with van der Waals surface area (Å²) >= 11 is 0. The first-order valence-corrected chi connectivity index (χ1v) is 5.24. The number of nitrogens with one attached hydrogen (secondary N) is 1. The van der Waals surface area contributed by atoms with Crippen LogP contribution in [-0.4, -0.2) is 9.91 Å². The fourth-order valence-electron chi connectivity index (χ4n) is 1.41. The highest BCUT2D eigenvalue weighted by Gasteiger charge is 2.03. The van der Waals surface area contributed by atoms with Crippen molar-refractivity contribution in [2.45, 2.75) is 6.54 Å². The molecule has 0 aliphatic carbocycles. The van der Waals surface area contributed by atoms with E-state index >= 15 is 0 Å². The molecule has 5 nitrogen and oxygen atoms in total. The molecule has 18 heavy (non-hydrogen) atoms. The highest BCUT2D eigenvalue weighted by Crippen LogP contribution is 2.13.